The number of aromatic nitrogens is 4. The SMILES string of the molecule is Cc1nccc(N2C[C@H]3O[C@@]4(CN(Cc5nccn5C)C[C@@H]4[C@@H]3CO)C2)n1. The number of ether oxygens (including phenoxy) is 1. The monoisotopic (exact) mass is 370 g/mol. The molecule has 3 fully saturated rings. The smallest absolute Gasteiger partial charge is 0.132 e. The molecular formula is C19H26N6O2. The molecule has 8 nitrogen and oxygen atoms in total. The number of hydrogen-bond donors (Lipinski definition) is 1. The lowest BCUT2D eigenvalue weighted by molar-refractivity contribution is -0.0649. The molecule has 3 aliphatic rings. The van der Waals surface area contributed by atoms with Gasteiger partial charge in [0.2, 0.25) is 0 Å². The van der Waals surface area contributed by atoms with Gasteiger partial charge in [-0.05, 0) is 13.0 Å². The Bertz CT molecular complexity index is 841. The summed E-state index contributed by atoms with van der Waals surface area (Å²) in [5.41, 5.74) is -0.250. The molecule has 0 aliphatic carbocycles. The molecular weight excluding hydrogens is 344 g/mol. The van der Waals surface area contributed by atoms with Crippen molar-refractivity contribution in [2.24, 2.45) is 18.9 Å². The Hall–Kier alpha value is -2.03. The maximum atomic E-state index is 10.1. The van der Waals surface area contributed by atoms with Crippen LogP contribution in [0.25, 0.3) is 0 Å². The van der Waals surface area contributed by atoms with E-state index >= 15 is 0 Å². The Balaban J connectivity index is 1.41. The van der Waals surface area contributed by atoms with Gasteiger partial charge in [-0.25, -0.2) is 15.0 Å². The summed E-state index contributed by atoms with van der Waals surface area (Å²) < 4.78 is 8.63. The van der Waals surface area contributed by atoms with E-state index in [4.69, 9.17) is 4.74 Å². The number of aryl methyl sites for hydroxylation is 2. The van der Waals surface area contributed by atoms with Gasteiger partial charge < -0.3 is 19.3 Å². The van der Waals surface area contributed by atoms with Gasteiger partial charge in [-0.3, -0.25) is 4.90 Å². The number of hydrogen-bond acceptors (Lipinski definition) is 7. The number of anilines is 1. The second-order valence-corrected chi connectivity index (χ2v) is 8.14. The maximum Gasteiger partial charge on any atom is 0.132 e. The Morgan fingerprint density at radius 3 is 2.89 bits per heavy atom. The summed E-state index contributed by atoms with van der Waals surface area (Å²) in [4.78, 5) is 18.0. The molecule has 5 rings (SSSR count). The number of imidazole rings is 1. The third-order valence-electron chi connectivity index (χ3n) is 6.44. The van der Waals surface area contributed by atoms with Crippen LogP contribution in [0.3, 0.4) is 0 Å². The molecule has 0 saturated carbocycles. The molecule has 0 aromatic carbocycles. The van der Waals surface area contributed by atoms with Gasteiger partial charge in [0.1, 0.15) is 23.1 Å². The number of likely N-dealkylation sites (tertiary alicyclic amines) is 1. The zero-order valence-corrected chi connectivity index (χ0v) is 15.8. The average Bonchev–Trinajstić information content (AvgIpc) is 3.25. The van der Waals surface area contributed by atoms with E-state index < -0.39 is 0 Å². The second-order valence-electron chi connectivity index (χ2n) is 8.14. The van der Waals surface area contributed by atoms with Crippen LogP contribution in [-0.4, -0.2) is 74.0 Å². The van der Waals surface area contributed by atoms with Gasteiger partial charge in [0, 0.05) is 63.7 Å². The summed E-state index contributed by atoms with van der Waals surface area (Å²) in [6.45, 7) is 6.27. The van der Waals surface area contributed by atoms with Crippen LogP contribution < -0.4 is 4.90 Å². The highest BCUT2D eigenvalue weighted by Gasteiger charge is 2.62. The van der Waals surface area contributed by atoms with E-state index in [1.807, 2.05) is 38.6 Å². The first-order valence-electron chi connectivity index (χ1n) is 9.60. The van der Waals surface area contributed by atoms with E-state index in [1.165, 1.54) is 0 Å². The van der Waals surface area contributed by atoms with Crippen LogP contribution in [-0.2, 0) is 18.3 Å². The summed E-state index contributed by atoms with van der Waals surface area (Å²) in [7, 11) is 2.03. The van der Waals surface area contributed by atoms with Crippen molar-refractivity contribution >= 4 is 5.82 Å². The molecule has 8 heteroatoms. The molecule has 0 radical (unpaired) electrons. The van der Waals surface area contributed by atoms with E-state index in [2.05, 4.69) is 29.3 Å². The fraction of sp³-hybridized carbons (Fsp3) is 0.632. The minimum atomic E-state index is -0.250. The quantitative estimate of drug-likeness (QED) is 0.824. The first-order chi connectivity index (χ1) is 13.1. The van der Waals surface area contributed by atoms with Crippen molar-refractivity contribution < 1.29 is 9.84 Å². The van der Waals surface area contributed by atoms with Gasteiger partial charge in [-0.1, -0.05) is 0 Å². The molecule has 0 unspecified atom stereocenters. The van der Waals surface area contributed by atoms with Crippen LogP contribution in [0.1, 0.15) is 11.6 Å². The fourth-order valence-electron chi connectivity index (χ4n) is 5.19. The summed E-state index contributed by atoms with van der Waals surface area (Å²) in [5.74, 6) is 3.30. The minimum absolute atomic E-state index is 0.0549. The molecule has 2 aromatic heterocycles. The van der Waals surface area contributed by atoms with Crippen molar-refractivity contribution in [1.29, 1.82) is 0 Å². The standard InChI is InChI=1S/C19H26N6O2/c1-13-20-4-3-17(22-13)25-8-16-14(10-26)15-7-24(11-19(15,12-25)27-16)9-18-21-5-6-23(18)2/h3-6,14-16,26H,7-12H2,1-2H3/t14-,15+,16+,19-/m0/s1. The average molecular weight is 370 g/mol. The largest absolute Gasteiger partial charge is 0.396 e. The van der Waals surface area contributed by atoms with Gasteiger partial charge in [0.25, 0.3) is 0 Å². The van der Waals surface area contributed by atoms with Crippen LogP contribution in [0, 0.1) is 18.8 Å². The van der Waals surface area contributed by atoms with E-state index in [9.17, 15) is 5.11 Å². The summed E-state index contributed by atoms with van der Waals surface area (Å²) in [5, 5.41) is 10.1. The highest BCUT2D eigenvalue weighted by atomic mass is 16.5. The Labute approximate surface area is 158 Å². The van der Waals surface area contributed by atoms with Crippen LogP contribution in [0.5, 0.6) is 0 Å². The summed E-state index contributed by atoms with van der Waals surface area (Å²) in [6, 6.07) is 1.97. The van der Waals surface area contributed by atoms with Crippen molar-refractivity contribution in [2.45, 2.75) is 25.2 Å². The predicted molar refractivity (Wildman–Crippen MR) is 99.1 cm³/mol. The highest BCUT2D eigenvalue weighted by Crippen LogP contribution is 2.49. The Morgan fingerprint density at radius 1 is 1.26 bits per heavy atom. The summed E-state index contributed by atoms with van der Waals surface area (Å²) in [6.07, 6.45) is 5.69. The molecule has 4 atom stereocenters. The van der Waals surface area contributed by atoms with Crippen molar-refractivity contribution in [2.75, 3.05) is 37.7 Å². The Morgan fingerprint density at radius 2 is 2.15 bits per heavy atom. The number of nitrogens with zero attached hydrogens (tertiary/aromatic N) is 6. The normalized spacial score (nSPS) is 32.9. The lowest BCUT2D eigenvalue weighted by Gasteiger charge is -2.41. The number of rotatable bonds is 4. The van der Waals surface area contributed by atoms with Gasteiger partial charge >= 0.3 is 0 Å². The van der Waals surface area contributed by atoms with Crippen molar-refractivity contribution in [3.8, 4) is 0 Å². The third kappa shape index (κ3) is 2.74. The van der Waals surface area contributed by atoms with Crippen molar-refractivity contribution in [3.05, 3.63) is 36.3 Å². The van der Waals surface area contributed by atoms with E-state index in [-0.39, 0.29) is 24.2 Å². The van der Waals surface area contributed by atoms with Crippen LogP contribution in [0.15, 0.2) is 24.7 Å². The molecule has 0 amide bonds. The zero-order chi connectivity index (χ0) is 18.6. The molecule has 2 bridgehead atoms. The number of aliphatic hydroxyl groups is 1. The lowest BCUT2D eigenvalue weighted by atomic mass is 9.83. The second kappa shape index (κ2) is 6.25. The van der Waals surface area contributed by atoms with E-state index in [1.54, 1.807) is 0 Å². The first-order valence-corrected chi connectivity index (χ1v) is 9.60. The minimum Gasteiger partial charge on any atom is -0.396 e. The van der Waals surface area contributed by atoms with Crippen LogP contribution in [0.2, 0.25) is 0 Å². The van der Waals surface area contributed by atoms with Crippen LogP contribution >= 0.6 is 0 Å². The topological polar surface area (TPSA) is 79.5 Å². The molecule has 3 aliphatic heterocycles. The molecule has 27 heavy (non-hydrogen) atoms. The molecule has 3 saturated heterocycles. The molecule has 1 N–H and O–H groups in total. The van der Waals surface area contributed by atoms with Gasteiger partial charge in [-0.15, -0.1) is 0 Å². The van der Waals surface area contributed by atoms with Crippen LogP contribution in [0.4, 0.5) is 5.82 Å². The first kappa shape index (κ1) is 17.1. The number of aliphatic hydroxyl groups excluding tert-OH is 1. The van der Waals surface area contributed by atoms with E-state index in [0.29, 0.717) is 5.92 Å². The fourth-order valence-corrected chi connectivity index (χ4v) is 5.19. The molecule has 1 spiro atoms. The highest BCUT2D eigenvalue weighted by molar-refractivity contribution is 5.41. The number of morpholine rings is 1. The predicted octanol–water partition coefficient (Wildman–Crippen LogP) is 0.217. The third-order valence-corrected chi connectivity index (χ3v) is 6.44. The Kier molecular flexibility index (Phi) is 3.96. The molecule has 2 aromatic rings. The molecule has 144 valence electrons. The van der Waals surface area contributed by atoms with Gasteiger partial charge in [0.15, 0.2) is 0 Å². The molecule has 5 heterocycles. The van der Waals surface area contributed by atoms with Gasteiger partial charge in [-0.2, -0.15) is 0 Å². The van der Waals surface area contributed by atoms with E-state index in [0.717, 1.165) is 50.2 Å². The lowest BCUT2D eigenvalue weighted by Crippen LogP contribution is -2.54. The van der Waals surface area contributed by atoms with Gasteiger partial charge in [0.05, 0.1) is 19.2 Å². The van der Waals surface area contributed by atoms with Crippen molar-refractivity contribution in [3.63, 3.8) is 0 Å². The maximum absolute atomic E-state index is 10.1. The number of fused-ring (bicyclic) bond motifs is 1. The summed E-state index contributed by atoms with van der Waals surface area (Å²) >= 11 is 0. The van der Waals surface area contributed by atoms with Crippen molar-refractivity contribution in [1.82, 2.24) is 24.4 Å². The zero-order valence-electron chi connectivity index (χ0n) is 15.8.